The lowest BCUT2D eigenvalue weighted by molar-refractivity contribution is 0.0948. The van der Waals surface area contributed by atoms with E-state index in [1.807, 2.05) is 36.0 Å². The minimum absolute atomic E-state index is 0.150. The van der Waals surface area contributed by atoms with Gasteiger partial charge in [-0.25, -0.2) is 4.98 Å². The van der Waals surface area contributed by atoms with Gasteiger partial charge in [-0.3, -0.25) is 4.79 Å². The first-order valence-electron chi connectivity index (χ1n) is 6.62. The fourth-order valence-electron chi connectivity index (χ4n) is 2.27. The van der Waals surface area contributed by atoms with Crippen LogP contribution in [0.15, 0.2) is 30.3 Å². The zero-order valence-electron chi connectivity index (χ0n) is 11.3. The van der Waals surface area contributed by atoms with E-state index in [2.05, 4.69) is 16.6 Å². The molecular weight excluding hydrogens is 270 g/mol. The summed E-state index contributed by atoms with van der Waals surface area (Å²) < 4.78 is 0.248. The summed E-state index contributed by atoms with van der Waals surface area (Å²) in [5.74, 6) is 0.252. The van der Waals surface area contributed by atoms with Crippen LogP contribution < -0.4 is 11.1 Å². The van der Waals surface area contributed by atoms with Gasteiger partial charge in [-0.1, -0.05) is 24.3 Å². The maximum Gasteiger partial charge on any atom is 0.270 e. The van der Waals surface area contributed by atoms with E-state index in [0.717, 1.165) is 10.8 Å². The zero-order valence-corrected chi connectivity index (χ0v) is 12.2. The van der Waals surface area contributed by atoms with Gasteiger partial charge in [0.2, 0.25) is 0 Å². The van der Waals surface area contributed by atoms with Crippen molar-refractivity contribution in [2.75, 3.05) is 18.5 Å². The van der Waals surface area contributed by atoms with Crippen molar-refractivity contribution < 1.29 is 4.79 Å². The number of aromatic nitrogens is 1. The monoisotopic (exact) mass is 287 g/mol. The van der Waals surface area contributed by atoms with Gasteiger partial charge < -0.3 is 11.1 Å². The van der Waals surface area contributed by atoms with Crippen molar-refractivity contribution in [2.45, 2.75) is 17.6 Å². The molecule has 0 aliphatic heterocycles. The number of hydrogen-bond donors (Lipinski definition) is 2. The van der Waals surface area contributed by atoms with E-state index >= 15 is 0 Å². The first-order valence-corrected chi connectivity index (χ1v) is 7.85. The molecule has 1 heterocycles. The number of thioether (sulfide) groups is 1. The van der Waals surface area contributed by atoms with E-state index < -0.39 is 0 Å². The highest BCUT2D eigenvalue weighted by Gasteiger charge is 2.42. The number of anilines is 1. The number of fused-ring (bicyclic) bond motifs is 1. The molecule has 0 bridgehead atoms. The smallest absolute Gasteiger partial charge is 0.270 e. The molecule has 104 valence electrons. The van der Waals surface area contributed by atoms with Gasteiger partial charge in [0.05, 0.1) is 0 Å². The second-order valence-electron chi connectivity index (χ2n) is 5.18. The molecule has 0 spiro atoms. The molecule has 0 radical (unpaired) electrons. The van der Waals surface area contributed by atoms with Crippen LogP contribution in [0.3, 0.4) is 0 Å². The number of pyridine rings is 1. The second kappa shape index (κ2) is 4.98. The van der Waals surface area contributed by atoms with Crippen LogP contribution in [-0.4, -0.2) is 28.4 Å². The molecular formula is C15H17N3OS. The van der Waals surface area contributed by atoms with Gasteiger partial charge in [-0.2, -0.15) is 11.8 Å². The first kappa shape index (κ1) is 13.2. The number of nitrogens with one attached hydrogen (secondary N) is 1. The van der Waals surface area contributed by atoms with Crippen molar-refractivity contribution in [3.63, 3.8) is 0 Å². The lowest BCUT2D eigenvalue weighted by Gasteiger charge is -2.13. The van der Waals surface area contributed by atoms with Crippen LogP contribution in [-0.2, 0) is 0 Å². The Hall–Kier alpha value is -1.75. The average Bonchev–Trinajstić information content (AvgIpc) is 3.25. The maximum atomic E-state index is 12.2. The highest BCUT2D eigenvalue weighted by atomic mass is 32.2. The minimum atomic E-state index is -0.150. The van der Waals surface area contributed by atoms with Crippen molar-refractivity contribution in [1.82, 2.24) is 10.3 Å². The number of benzene rings is 1. The Bertz CT molecular complexity index is 667. The molecule has 4 nitrogen and oxygen atoms in total. The van der Waals surface area contributed by atoms with Crippen molar-refractivity contribution in [2.24, 2.45) is 0 Å². The van der Waals surface area contributed by atoms with Gasteiger partial charge in [-0.15, -0.1) is 0 Å². The fourth-order valence-corrected chi connectivity index (χ4v) is 2.99. The molecule has 1 fully saturated rings. The number of nitrogens with zero attached hydrogens (tertiary/aromatic N) is 1. The fraction of sp³-hybridized carbons (Fsp3) is 0.333. The lowest BCUT2D eigenvalue weighted by atomic mass is 10.1. The standard InChI is InChI=1S/C15H17N3OS/c1-20-15(6-7-15)9-17-14(19)12-8-10-4-2-3-5-11(10)13(16)18-12/h2-5,8H,6-7,9H2,1H3,(H2,16,18)(H,17,19). The number of carbonyl (C=O) groups excluding carboxylic acids is 1. The third-order valence-corrected chi connectivity index (χ3v) is 5.23. The Morgan fingerprint density at radius 3 is 2.90 bits per heavy atom. The lowest BCUT2D eigenvalue weighted by Crippen LogP contribution is -2.32. The molecule has 2 aromatic rings. The molecule has 1 aliphatic carbocycles. The minimum Gasteiger partial charge on any atom is -0.383 e. The van der Waals surface area contributed by atoms with Gasteiger partial charge in [0.1, 0.15) is 11.5 Å². The number of hydrogen-bond acceptors (Lipinski definition) is 4. The van der Waals surface area contributed by atoms with Crippen LogP contribution in [0.4, 0.5) is 5.82 Å². The van der Waals surface area contributed by atoms with Crippen LogP contribution in [0.2, 0.25) is 0 Å². The molecule has 1 aromatic carbocycles. The predicted octanol–water partition coefficient (Wildman–Crippen LogP) is 2.44. The second-order valence-corrected chi connectivity index (χ2v) is 6.46. The first-order chi connectivity index (χ1) is 9.63. The van der Waals surface area contributed by atoms with Crippen LogP contribution in [0.5, 0.6) is 0 Å². The van der Waals surface area contributed by atoms with Crippen LogP contribution >= 0.6 is 11.8 Å². The van der Waals surface area contributed by atoms with E-state index in [1.165, 1.54) is 12.8 Å². The molecule has 3 N–H and O–H groups in total. The normalized spacial score (nSPS) is 16.1. The molecule has 1 aromatic heterocycles. The topological polar surface area (TPSA) is 68.0 Å². The number of amides is 1. The van der Waals surface area contributed by atoms with Gasteiger partial charge in [0.15, 0.2) is 0 Å². The predicted molar refractivity (Wildman–Crippen MR) is 84.0 cm³/mol. The van der Waals surface area contributed by atoms with Gasteiger partial charge in [0.25, 0.3) is 5.91 Å². The maximum absolute atomic E-state index is 12.2. The third-order valence-electron chi connectivity index (χ3n) is 3.81. The number of rotatable bonds is 4. The Morgan fingerprint density at radius 1 is 1.45 bits per heavy atom. The molecule has 0 saturated heterocycles. The van der Waals surface area contributed by atoms with Crippen molar-refractivity contribution >= 4 is 34.3 Å². The molecule has 1 aliphatic rings. The molecule has 1 saturated carbocycles. The summed E-state index contributed by atoms with van der Waals surface area (Å²) in [6, 6.07) is 9.48. The van der Waals surface area contributed by atoms with Crippen molar-refractivity contribution in [3.05, 3.63) is 36.0 Å². The largest absolute Gasteiger partial charge is 0.383 e. The summed E-state index contributed by atoms with van der Waals surface area (Å²) in [5, 5.41) is 4.79. The molecule has 5 heteroatoms. The van der Waals surface area contributed by atoms with Gasteiger partial charge in [-0.05, 0) is 30.6 Å². The molecule has 20 heavy (non-hydrogen) atoms. The Morgan fingerprint density at radius 2 is 2.20 bits per heavy atom. The van der Waals surface area contributed by atoms with E-state index in [0.29, 0.717) is 18.1 Å². The van der Waals surface area contributed by atoms with Crippen molar-refractivity contribution in [1.29, 1.82) is 0 Å². The summed E-state index contributed by atoms with van der Waals surface area (Å²) in [7, 11) is 0. The van der Waals surface area contributed by atoms with E-state index in [1.54, 1.807) is 6.07 Å². The third kappa shape index (κ3) is 2.45. The number of nitrogen functional groups attached to an aromatic ring is 1. The van der Waals surface area contributed by atoms with Crippen LogP contribution in [0, 0.1) is 0 Å². The Balaban J connectivity index is 1.81. The Kier molecular flexibility index (Phi) is 3.30. The Labute approximate surface area is 122 Å². The van der Waals surface area contributed by atoms with E-state index in [4.69, 9.17) is 5.73 Å². The highest BCUT2D eigenvalue weighted by Crippen LogP contribution is 2.46. The number of carbonyl (C=O) groups is 1. The summed E-state index contributed by atoms with van der Waals surface area (Å²) in [6.45, 7) is 0.696. The van der Waals surface area contributed by atoms with Crippen LogP contribution in [0.1, 0.15) is 23.3 Å². The van der Waals surface area contributed by atoms with E-state index in [9.17, 15) is 4.79 Å². The van der Waals surface area contributed by atoms with E-state index in [-0.39, 0.29) is 10.7 Å². The number of nitrogens with two attached hydrogens (primary N) is 1. The summed E-state index contributed by atoms with van der Waals surface area (Å²) in [6.07, 6.45) is 4.43. The average molecular weight is 287 g/mol. The summed E-state index contributed by atoms with van der Waals surface area (Å²) in [4.78, 5) is 16.4. The van der Waals surface area contributed by atoms with Gasteiger partial charge >= 0.3 is 0 Å². The SMILES string of the molecule is CSC1(CNC(=O)c2cc3ccccc3c(N)n2)CC1. The van der Waals surface area contributed by atoms with Crippen molar-refractivity contribution in [3.8, 4) is 0 Å². The summed E-state index contributed by atoms with van der Waals surface area (Å²) >= 11 is 1.82. The molecule has 0 unspecified atom stereocenters. The molecule has 1 amide bonds. The zero-order chi connectivity index (χ0) is 14.2. The van der Waals surface area contributed by atoms with Gasteiger partial charge in [0, 0.05) is 16.7 Å². The van der Waals surface area contributed by atoms with Crippen LogP contribution in [0.25, 0.3) is 10.8 Å². The highest BCUT2D eigenvalue weighted by molar-refractivity contribution is 8.00. The molecule has 3 rings (SSSR count). The molecule has 0 atom stereocenters. The summed E-state index contributed by atoms with van der Waals surface area (Å²) in [5.41, 5.74) is 6.31. The quantitative estimate of drug-likeness (QED) is 0.906.